The number of cyclic esters (lactones) is 1. The number of halogens is 3. The van der Waals surface area contributed by atoms with E-state index in [1.807, 2.05) is 0 Å². The van der Waals surface area contributed by atoms with Crippen molar-refractivity contribution >= 4 is 23.5 Å². The van der Waals surface area contributed by atoms with Gasteiger partial charge in [0.05, 0.1) is 18.4 Å². The molecule has 0 unspecified atom stereocenters. The number of esters is 2. The van der Waals surface area contributed by atoms with E-state index in [-0.39, 0.29) is 48.0 Å². The minimum Gasteiger partial charge on any atom is -0.496 e. The molecule has 1 aromatic carbocycles. The minimum absolute atomic E-state index is 0.0650. The molecule has 0 aromatic heterocycles. The minimum atomic E-state index is -5.14. The van der Waals surface area contributed by atoms with Crippen LogP contribution in [0.3, 0.4) is 0 Å². The Morgan fingerprint density at radius 3 is 2.32 bits per heavy atom. The summed E-state index contributed by atoms with van der Waals surface area (Å²) in [5.74, 6) is -3.02. The van der Waals surface area contributed by atoms with Gasteiger partial charge in [-0.05, 0) is 53.0 Å². The van der Waals surface area contributed by atoms with Gasteiger partial charge in [-0.1, -0.05) is 11.6 Å². The van der Waals surface area contributed by atoms with E-state index in [2.05, 4.69) is 0 Å². The van der Waals surface area contributed by atoms with Crippen molar-refractivity contribution in [2.24, 2.45) is 0 Å². The van der Waals surface area contributed by atoms with Crippen LogP contribution < -0.4 is 9.64 Å². The van der Waals surface area contributed by atoms with Gasteiger partial charge in [0, 0.05) is 24.6 Å². The zero-order valence-corrected chi connectivity index (χ0v) is 20.4. The number of benzene rings is 1. The molecule has 0 N–H and O–H groups in total. The van der Waals surface area contributed by atoms with Crippen LogP contribution in [0.25, 0.3) is 0 Å². The molecule has 10 heteroatoms. The highest BCUT2D eigenvalue weighted by atomic mass is 19.4. The number of methoxy groups -OCH3 is 1. The van der Waals surface area contributed by atoms with Gasteiger partial charge in [-0.3, -0.25) is 9.59 Å². The first-order valence-corrected chi connectivity index (χ1v) is 10.7. The van der Waals surface area contributed by atoms with Crippen molar-refractivity contribution in [2.45, 2.75) is 72.3 Å². The summed E-state index contributed by atoms with van der Waals surface area (Å²) in [5.41, 5.74) is 1.08. The third kappa shape index (κ3) is 6.09. The van der Waals surface area contributed by atoms with E-state index in [0.717, 1.165) is 12.6 Å². The lowest BCUT2D eigenvalue weighted by molar-refractivity contribution is -0.170. The van der Waals surface area contributed by atoms with Gasteiger partial charge in [0.15, 0.2) is 0 Å². The second-order valence-corrected chi connectivity index (χ2v) is 9.12. The maximum absolute atomic E-state index is 13.2. The monoisotopic (exact) mass is 485 g/mol. The van der Waals surface area contributed by atoms with Gasteiger partial charge in [-0.25, -0.2) is 4.79 Å². The standard InChI is InChI=1S/C24H30F3NO6/c1-13(9-11-17(29)34-23(3,4)5)8-10-15-19(28(6)22(31)24(25,26)27)18-16(12-33-21(18)30)14(2)20(15)32-7/h8H,9-12H2,1-7H3. The maximum atomic E-state index is 13.2. The molecule has 0 atom stereocenters. The first-order valence-electron chi connectivity index (χ1n) is 10.7. The quantitative estimate of drug-likeness (QED) is 0.407. The predicted molar refractivity (Wildman–Crippen MR) is 119 cm³/mol. The highest BCUT2D eigenvalue weighted by Crippen LogP contribution is 2.43. The fraction of sp³-hybridized carbons (Fsp3) is 0.542. The Morgan fingerprint density at radius 1 is 1.18 bits per heavy atom. The van der Waals surface area contributed by atoms with Gasteiger partial charge < -0.3 is 19.1 Å². The van der Waals surface area contributed by atoms with Crippen molar-refractivity contribution in [3.63, 3.8) is 0 Å². The molecule has 0 fully saturated rings. The van der Waals surface area contributed by atoms with E-state index in [1.165, 1.54) is 7.11 Å². The Balaban J connectivity index is 2.48. The molecule has 0 spiro atoms. The SMILES string of the molecule is COc1c(C)c2c(c(N(C)C(=O)C(F)(F)F)c1CC=C(C)CCC(=O)OC(C)(C)C)C(=O)OC2. The van der Waals surface area contributed by atoms with Crippen molar-refractivity contribution < 1.29 is 41.8 Å². The average Bonchev–Trinajstić information content (AvgIpc) is 3.09. The summed E-state index contributed by atoms with van der Waals surface area (Å²) in [6.07, 6.45) is -2.85. The maximum Gasteiger partial charge on any atom is 0.471 e. The lowest BCUT2D eigenvalue weighted by Gasteiger charge is -2.26. The van der Waals surface area contributed by atoms with Crippen molar-refractivity contribution in [1.82, 2.24) is 0 Å². The Kier molecular flexibility index (Phi) is 8.06. The molecule has 2 rings (SSSR count). The number of fused-ring (bicyclic) bond motifs is 1. The number of amides is 1. The lowest BCUT2D eigenvalue weighted by atomic mass is 9.92. The number of anilines is 1. The zero-order chi connectivity index (χ0) is 26.0. The Morgan fingerprint density at radius 2 is 1.79 bits per heavy atom. The summed E-state index contributed by atoms with van der Waals surface area (Å²) in [4.78, 5) is 36.9. The Bertz CT molecular complexity index is 1020. The molecule has 0 radical (unpaired) electrons. The first kappa shape index (κ1) is 27.2. The Hall–Kier alpha value is -3.04. The van der Waals surface area contributed by atoms with E-state index in [1.54, 1.807) is 40.7 Å². The molecular weight excluding hydrogens is 455 g/mol. The van der Waals surface area contributed by atoms with Gasteiger partial charge in [0.2, 0.25) is 0 Å². The van der Waals surface area contributed by atoms with Crippen molar-refractivity contribution in [3.8, 4) is 5.75 Å². The highest BCUT2D eigenvalue weighted by Gasteiger charge is 2.44. The van der Waals surface area contributed by atoms with Crippen LogP contribution in [0.2, 0.25) is 0 Å². The molecule has 0 aliphatic carbocycles. The summed E-state index contributed by atoms with van der Waals surface area (Å²) in [5, 5.41) is 0. The van der Waals surface area contributed by atoms with Crippen molar-refractivity contribution in [2.75, 3.05) is 19.1 Å². The van der Waals surface area contributed by atoms with E-state index < -0.39 is 23.7 Å². The van der Waals surface area contributed by atoms with Gasteiger partial charge in [0.25, 0.3) is 0 Å². The zero-order valence-electron chi connectivity index (χ0n) is 20.4. The van der Waals surface area contributed by atoms with E-state index in [0.29, 0.717) is 22.4 Å². The van der Waals surface area contributed by atoms with E-state index in [4.69, 9.17) is 14.2 Å². The normalized spacial score (nSPS) is 13.9. The molecule has 1 heterocycles. The van der Waals surface area contributed by atoms with Crippen LogP contribution in [0.4, 0.5) is 18.9 Å². The van der Waals surface area contributed by atoms with E-state index >= 15 is 0 Å². The van der Waals surface area contributed by atoms with Gasteiger partial charge >= 0.3 is 24.0 Å². The molecular formula is C24H30F3NO6. The van der Waals surface area contributed by atoms with Gasteiger partial charge in [-0.2, -0.15) is 13.2 Å². The first-order chi connectivity index (χ1) is 15.6. The molecule has 7 nitrogen and oxygen atoms in total. The number of ether oxygens (including phenoxy) is 3. The molecule has 1 amide bonds. The molecule has 1 aliphatic heterocycles. The topological polar surface area (TPSA) is 82.1 Å². The number of hydrogen-bond donors (Lipinski definition) is 0. The third-order valence-corrected chi connectivity index (χ3v) is 5.33. The molecule has 1 aliphatic rings. The largest absolute Gasteiger partial charge is 0.496 e. The second-order valence-electron chi connectivity index (χ2n) is 9.12. The molecule has 0 bridgehead atoms. The van der Waals surface area contributed by atoms with Crippen molar-refractivity contribution in [1.29, 1.82) is 0 Å². The summed E-state index contributed by atoms with van der Waals surface area (Å²) in [6.45, 7) is 8.62. The van der Waals surface area contributed by atoms with Crippen LogP contribution in [0.1, 0.15) is 67.6 Å². The fourth-order valence-electron chi connectivity index (χ4n) is 3.76. The average molecular weight is 485 g/mol. The summed E-state index contributed by atoms with van der Waals surface area (Å²) < 4.78 is 55.6. The number of alkyl halides is 3. The van der Waals surface area contributed by atoms with Gasteiger partial charge in [-0.15, -0.1) is 0 Å². The molecule has 188 valence electrons. The number of carbonyl (C=O) groups is 3. The predicted octanol–water partition coefficient (Wildman–Crippen LogP) is 4.81. The van der Waals surface area contributed by atoms with Crippen LogP contribution >= 0.6 is 0 Å². The molecule has 34 heavy (non-hydrogen) atoms. The second kappa shape index (κ2) is 10.1. The van der Waals surface area contributed by atoms with E-state index in [9.17, 15) is 27.6 Å². The number of nitrogens with zero attached hydrogens (tertiary/aromatic N) is 1. The van der Waals surface area contributed by atoms with Gasteiger partial charge in [0.1, 0.15) is 18.0 Å². The van der Waals surface area contributed by atoms with Crippen LogP contribution in [-0.4, -0.2) is 43.8 Å². The lowest BCUT2D eigenvalue weighted by Crippen LogP contribution is -2.39. The summed E-state index contributed by atoms with van der Waals surface area (Å²) >= 11 is 0. The van der Waals surface area contributed by atoms with Crippen LogP contribution in [-0.2, 0) is 32.1 Å². The molecule has 1 aromatic rings. The van der Waals surface area contributed by atoms with Crippen LogP contribution in [0.15, 0.2) is 11.6 Å². The number of carbonyl (C=O) groups excluding carboxylic acids is 3. The van der Waals surface area contributed by atoms with Crippen LogP contribution in [0.5, 0.6) is 5.75 Å². The molecule has 0 saturated heterocycles. The third-order valence-electron chi connectivity index (χ3n) is 5.33. The fourth-order valence-corrected chi connectivity index (χ4v) is 3.76. The molecule has 0 saturated carbocycles. The smallest absolute Gasteiger partial charge is 0.471 e. The summed E-state index contributed by atoms with van der Waals surface area (Å²) in [7, 11) is 2.33. The number of allylic oxidation sites excluding steroid dienone is 2. The van der Waals surface area contributed by atoms with Crippen molar-refractivity contribution in [3.05, 3.63) is 33.9 Å². The highest BCUT2D eigenvalue weighted by molar-refractivity contribution is 6.07. The van der Waals surface area contributed by atoms with Crippen LogP contribution in [0, 0.1) is 6.92 Å². The summed E-state index contributed by atoms with van der Waals surface area (Å²) in [6, 6.07) is 0. The number of hydrogen-bond acceptors (Lipinski definition) is 6. The Labute approximate surface area is 196 Å². The number of rotatable bonds is 7.